The van der Waals surface area contributed by atoms with Crippen LogP contribution in [0, 0.1) is 17.8 Å². The Morgan fingerprint density at radius 2 is 1.53 bits per heavy atom. The molecule has 4 atom stereocenters. The van der Waals surface area contributed by atoms with E-state index in [-0.39, 0.29) is 0 Å². The summed E-state index contributed by atoms with van der Waals surface area (Å²) in [4.78, 5) is 2.78. The van der Waals surface area contributed by atoms with Crippen molar-refractivity contribution in [1.29, 1.82) is 0 Å². The average molecular weight is 238 g/mol. The Morgan fingerprint density at radius 3 is 2.12 bits per heavy atom. The third-order valence-corrected chi connectivity index (χ3v) is 5.27. The van der Waals surface area contributed by atoms with Gasteiger partial charge in [0.05, 0.1) is 0 Å². The van der Waals surface area contributed by atoms with Gasteiger partial charge in [0.25, 0.3) is 0 Å². The number of nitrogens with zero attached hydrogens (tertiary/aromatic N) is 1. The summed E-state index contributed by atoms with van der Waals surface area (Å²) in [5.41, 5.74) is 6.04. The van der Waals surface area contributed by atoms with Gasteiger partial charge in [-0.1, -0.05) is 27.2 Å². The molecule has 1 aliphatic carbocycles. The van der Waals surface area contributed by atoms with Crippen molar-refractivity contribution >= 4 is 0 Å². The van der Waals surface area contributed by atoms with Gasteiger partial charge in [-0.3, -0.25) is 4.90 Å². The summed E-state index contributed by atoms with van der Waals surface area (Å²) >= 11 is 0. The van der Waals surface area contributed by atoms with Gasteiger partial charge in [0.1, 0.15) is 0 Å². The van der Waals surface area contributed by atoms with Gasteiger partial charge in [-0.15, -0.1) is 0 Å². The first-order valence-electron chi connectivity index (χ1n) is 7.61. The van der Waals surface area contributed by atoms with E-state index in [2.05, 4.69) is 25.7 Å². The molecule has 2 N–H and O–H groups in total. The highest BCUT2D eigenvalue weighted by atomic mass is 15.2. The second-order valence-electron chi connectivity index (χ2n) is 6.54. The molecule has 1 saturated carbocycles. The topological polar surface area (TPSA) is 29.3 Å². The van der Waals surface area contributed by atoms with Gasteiger partial charge in [0, 0.05) is 18.6 Å². The van der Waals surface area contributed by atoms with Crippen LogP contribution in [0.2, 0.25) is 0 Å². The van der Waals surface area contributed by atoms with E-state index in [4.69, 9.17) is 5.73 Å². The van der Waals surface area contributed by atoms with E-state index in [1.54, 1.807) is 0 Å². The summed E-state index contributed by atoms with van der Waals surface area (Å²) in [6.45, 7) is 9.42. The fraction of sp³-hybridized carbons (Fsp3) is 1.00. The van der Waals surface area contributed by atoms with Gasteiger partial charge < -0.3 is 5.73 Å². The maximum Gasteiger partial charge on any atom is 0.0247 e. The van der Waals surface area contributed by atoms with Gasteiger partial charge >= 0.3 is 0 Å². The highest BCUT2D eigenvalue weighted by Gasteiger charge is 2.38. The first kappa shape index (κ1) is 13.4. The molecule has 4 unspecified atom stereocenters. The Kier molecular flexibility index (Phi) is 4.48. The number of hydrogen-bond acceptors (Lipinski definition) is 2. The molecule has 2 nitrogen and oxygen atoms in total. The molecule has 2 heteroatoms. The third kappa shape index (κ3) is 2.68. The molecular formula is C15H30N2. The molecule has 2 fully saturated rings. The molecule has 0 spiro atoms. The van der Waals surface area contributed by atoms with Crippen LogP contribution in [0.15, 0.2) is 0 Å². The lowest BCUT2D eigenvalue weighted by Crippen LogP contribution is -2.57. The number of piperidine rings is 1. The number of hydrogen-bond donors (Lipinski definition) is 1. The molecule has 17 heavy (non-hydrogen) atoms. The zero-order valence-electron chi connectivity index (χ0n) is 11.9. The second-order valence-corrected chi connectivity index (χ2v) is 6.54. The molecule has 0 amide bonds. The summed E-state index contributed by atoms with van der Waals surface area (Å²) in [7, 11) is 0. The fourth-order valence-corrected chi connectivity index (χ4v) is 4.34. The maximum atomic E-state index is 6.04. The van der Waals surface area contributed by atoms with Crippen LogP contribution in [-0.2, 0) is 0 Å². The van der Waals surface area contributed by atoms with Crippen LogP contribution in [0.25, 0.3) is 0 Å². The summed E-state index contributed by atoms with van der Waals surface area (Å²) in [6.07, 6.45) is 6.99. The van der Waals surface area contributed by atoms with Crippen LogP contribution in [0.1, 0.15) is 52.9 Å². The molecule has 0 radical (unpaired) electrons. The van der Waals surface area contributed by atoms with E-state index in [0.29, 0.717) is 6.04 Å². The summed E-state index contributed by atoms with van der Waals surface area (Å²) in [5.74, 6) is 2.51. The van der Waals surface area contributed by atoms with Crippen molar-refractivity contribution in [3.8, 4) is 0 Å². The first-order chi connectivity index (χ1) is 8.15. The van der Waals surface area contributed by atoms with Gasteiger partial charge in [0.2, 0.25) is 0 Å². The van der Waals surface area contributed by atoms with E-state index in [0.717, 1.165) is 30.3 Å². The SMILES string of the molecule is CC1CCCN(C2C(C)CCCC2C)C1CN. The van der Waals surface area contributed by atoms with Crippen molar-refractivity contribution in [1.82, 2.24) is 4.90 Å². The predicted molar refractivity (Wildman–Crippen MR) is 73.9 cm³/mol. The number of rotatable bonds is 2. The summed E-state index contributed by atoms with van der Waals surface area (Å²) in [6, 6.07) is 1.43. The number of nitrogens with two attached hydrogens (primary N) is 1. The molecule has 0 aromatic rings. The highest BCUT2D eigenvalue weighted by molar-refractivity contribution is 4.93. The minimum absolute atomic E-state index is 0.636. The normalized spacial score (nSPS) is 44.8. The van der Waals surface area contributed by atoms with Crippen molar-refractivity contribution in [2.45, 2.75) is 65.0 Å². The largest absolute Gasteiger partial charge is 0.329 e. The van der Waals surface area contributed by atoms with E-state index >= 15 is 0 Å². The average Bonchev–Trinajstić information content (AvgIpc) is 2.29. The third-order valence-electron chi connectivity index (χ3n) is 5.27. The Labute approximate surface area is 107 Å². The monoisotopic (exact) mass is 238 g/mol. The van der Waals surface area contributed by atoms with E-state index in [9.17, 15) is 0 Å². The molecule has 2 rings (SSSR count). The minimum atomic E-state index is 0.636. The molecule has 2 aliphatic rings. The van der Waals surface area contributed by atoms with Crippen molar-refractivity contribution in [3.05, 3.63) is 0 Å². The molecule has 1 saturated heterocycles. The van der Waals surface area contributed by atoms with Crippen LogP contribution >= 0.6 is 0 Å². The van der Waals surface area contributed by atoms with Crippen molar-refractivity contribution in [2.75, 3.05) is 13.1 Å². The smallest absolute Gasteiger partial charge is 0.0247 e. The Morgan fingerprint density at radius 1 is 0.941 bits per heavy atom. The van der Waals surface area contributed by atoms with Crippen molar-refractivity contribution < 1.29 is 0 Å². The Balaban J connectivity index is 2.12. The quantitative estimate of drug-likeness (QED) is 0.801. The van der Waals surface area contributed by atoms with E-state index in [1.165, 1.54) is 38.6 Å². The van der Waals surface area contributed by atoms with Crippen LogP contribution in [-0.4, -0.2) is 30.1 Å². The number of likely N-dealkylation sites (tertiary alicyclic amines) is 1. The Hall–Kier alpha value is -0.0800. The summed E-state index contributed by atoms with van der Waals surface area (Å²) < 4.78 is 0. The molecule has 1 aliphatic heterocycles. The van der Waals surface area contributed by atoms with Gasteiger partial charge in [-0.2, -0.15) is 0 Å². The van der Waals surface area contributed by atoms with Crippen LogP contribution in [0.3, 0.4) is 0 Å². The highest BCUT2D eigenvalue weighted by Crippen LogP contribution is 2.36. The molecule has 100 valence electrons. The molecule has 0 aromatic carbocycles. The Bertz CT molecular complexity index is 231. The van der Waals surface area contributed by atoms with Crippen molar-refractivity contribution in [3.63, 3.8) is 0 Å². The van der Waals surface area contributed by atoms with Gasteiger partial charge in [-0.05, 0) is 50.0 Å². The second kappa shape index (κ2) is 5.71. The lowest BCUT2D eigenvalue weighted by molar-refractivity contribution is -0.00413. The lowest BCUT2D eigenvalue weighted by atomic mass is 9.75. The minimum Gasteiger partial charge on any atom is -0.329 e. The van der Waals surface area contributed by atoms with E-state index < -0.39 is 0 Å². The zero-order chi connectivity index (χ0) is 12.4. The van der Waals surface area contributed by atoms with Crippen molar-refractivity contribution in [2.24, 2.45) is 23.5 Å². The van der Waals surface area contributed by atoms with Gasteiger partial charge in [-0.25, -0.2) is 0 Å². The maximum absolute atomic E-state index is 6.04. The fourth-order valence-electron chi connectivity index (χ4n) is 4.34. The molecule has 1 heterocycles. The van der Waals surface area contributed by atoms with Crippen LogP contribution < -0.4 is 5.73 Å². The standard InChI is InChI=1S/C15H30N2/c1-11-8-5-9-17(14(11)10-16)15-12(2)6-4-7-13(15)3/h11-15H,4-10,16H2,1-3H3. The molecular weight excluding hydrogens is 208 g/mol. The predicted octanol–water partition coefficient (Wildman–Crippen LogP) is 2.87. The van der Waals surface area contributed by atoms with E-state index in [1.807, 2.05) is 0 Å². The van der Waals surface area contributed by atoms with Gasteiger partial charge in [0.15, 0.2) is 0 Å². The van der Waals surface area contributed by atoms with Crippen LogP contribution in [0.4, 0.5) is 0 Å². The lowest BCUT2D eigenvalue weighted by Gasteiger charge is -2.50. The molecule has 0 aromatic heterocycles. The van der Waals surface area contributed by atoms with Crippen LogP contribution in [0.5, 0.6) is 0 Å². The summed E-state index contributed by atoms with van der Waals surface area (Å²) in [5, 5.41) is 0. The molecule has 0 bridgehead atoms. The zero-order valence-corrected chi connectivity index (χ0v) is 11.9. The first-order valence-corrected chi connectivity index (χ1v) is 7.61.